The number of fused-ring (bicyclic) bond motifs is 1. The summed E-state index contributed by atoms with van der Waals surface area (Å²) in [6.07, 6.45) is 8.30. The van der Waals surface area contributed by atoms with Crippen molar-refractivity contribution in [2.45, 2.75) is 32.2 Å². The molecule has 7 nitrogen and oxygen atoms in total. The first kappa shape index (κ1) is 21.9. The summed E-state index contributed by atoms with van der Waals surface area (Å²) in [5.41, 5.74) is 2.35. The number of nitrogens with zero attached hydrogens (tertiary/aromatic N) is 6. The largest absolute Gasteiger partial charge is 0.479 e. The summed E-state index contributed by atoms with van der Waals surface area (Å²) in [5.74, 6) is -2.21. The van der Waals surface area contributed by atoms with Crippen LogP contribution < -0.4 is 4.74 Å². The molecule has 1 aromatic carbocycles. The van der Waals surface area contributed by atoms with E-state index < -0.39 is 23.4 Å². The summed E-state index contributed by atoms with van der Waals surface area (Å²) in [7, 11) is 1.55. The number of ether oxygens (including phenoxy) is 1. The van der Waals surface area contributed by atoms with Gasteiger partial charge in [-0.2, -0.15) is 5.10 Å². The Morgan fingerprint density at radius 1 is 1.06 bits per heavy atom. The highest BCUT2D eigenvalue weighted by atomic mass is 19.2. The molecule has 0 N–H and O–H groups in total. The molecule has 1 aliphatic heterocycles. The summed E-state index contributed by atoms with van der Waals surface area (Å²) in [6.45, 7) is 2.51. The van der Waals surface area contributed by atoms with Gasteiger partial charge in [0.15, 0.2) is 17.5 Å². The lowest BCUT2D eigenvalue weighted by atomic mass is 9.90. The van der Waals surface area contributed by atoms with Gasteiger partial charge in [0.1, 0.15) is 17.3 Å². The molecule has 0 saturated heterocycles. The fourth-order valence-electron chi connectivity index (χ4n) is 4.14. The Labute approximate surface area is 193 Å². The quantitative estimate of drug-likeness (QED) is 0.399. The Hall–Kier alpha value is -3.95. The molecule has 34 heavy (non-hydrogen) atoms. The molecule has 1 unspecified atom stereocenters. The average molecular weight is 466 g/mol. The average Bonchev–Trinajstić information content (AvgIpc) is 3.45. The molecule has 0 radical (unpaired) electrons. The number of halogens is 3. The van der Waals surface area contributed by atoms with Gasteiger partial charge >= 0.3 is 0 Å². The molecular weight excluding hydrogens is 445 g/mol. The van der Waals surface area contributed by atoms with E-state index in [9.17, 15) is 13.2 Å². The van der Waals surface area contributed by atoms with Crippen molar-refractivity contribution in [2.24, 2.45) is 0 Å². The van der Waals surface area contributed by atoms with Crippen molar-refractivity contribution < 1.29 is 17.9 Å². The van der Waals surface area contributed by atoms with E-state index in [1.807, 2.05) is 29.8 Å². The van der Waals surface area contributed by atoms with Crippen LogP contribution in [-0.2, 0) is 6.54 Å². The van der Waals surface area contributed by atoms with Crippen LogP contribution in [0.1, 0.15) is 47.4 Å². The Kier molecular flexibility index (Phi) is 5.64. The van der Waals surface area contributed by atoms with E-state index in [0.717, 1.165) is 23.9 Å². The number of methoxy groups -OCH3 is 1. The minimum absolute atomic E-state index is 0.0829. The molecule has 3 aromatic heterocycles. The summed E-state index contributed by atoms with van der Waals surface area (Å²) in [6, 6.07) is 5.20. The maximum absolute atomic E-state index is 14.4. The van der Waals surface area contributed by atoms with Crippen molar-refractivity contribution in [2.75, 3.05) is 7.11 Å². The van der Waals surface area contributed by atoms with Crippen LogP contribution in [0.5, 0.6) is 5.88 Å². The van der Waals surface area contributed by atoms with Gasteiger partial charge < -0.3 is 9.30 Å². The van der Waals surface area contributed by atoms with Gasteiger partial charge in [-0.25, -0.2) is 32.8 Å². The van der Waals surface area contributed by atoms with Crippen molar-refractivity contribution in [3.63, 3.8) is 0 Å². The lowest BCUT2D eigenvalue weighted by molar-refractivity contribution is 0.395. The van der Waals surface area contributed by atoms with E-state index in [0.29, 0.717) is 42.3 Å². The maximum atomic E-state index is 14.4. The number of aryl methyl sites for hydroxylation is 2. The van der Waals surface area contributed by atoms with Crippen LogP contribution >= 0.6 is 0 Å². The first-order valence-corrected chi connectivity index (χ1v) is 10.8. The van der Waals surface area contributed by atoms with Gasteiger partial charge in [0.25, 0.3) is 0 Å². The smallest absolute Gasteiger partial charge is 0.238 e. The highest BCUT2D eigenvalue weighted by Gasteiger charge is 2.28. The Balaban J connectivity index is 1.43. The number of rotatable bonds is 5. The van der Waals surface area contributed by atoms with E-state index in [-0.39, 0.29) is 5.56 Å². The molecule has 4 heterocycles. The van der Waals surface area contributed by atoms with Crippen LogP contribution in [-0.4, -0.2) is 36.4 Å². The summed E-state index contributed by atoms with van der Waals surface area (Å²) >= 11 is 0. The monoisotopic (exact) mass is 466 g/mol. The van der Waals surface area contributed by atoms with E-state index >= 15 is 0 Å². The third-order valence-electron chi connectivity index (χ3n) is 5.75. The van der Waals surface area contributed by atoms with E-state index in [1.54, 1.807) is 30.3 Å². The molecule has 10 heteroatoms. The topological polar surface area (TPSA) is 70.7 Å². The number of hydrogen-bond donors (Lipinski definition) is 0. The predicted octanol–water partition coefficient (Wildman–Crippen LogP) is 4.69. The molecule has 0 saturated carbocycles. The zero-order valence-electron chi connectivity index (χ0n) is 18.5. The van der Waals surface area contributed by atoms with Crippen LogP contribution in [0.3, 0.4) is 0 Å². The molecule has 174 valence electrons. The van der Waals surface area contributed by atoms with Gasteiger partial charge in [-0.1, -0.05) is 0 Å². The van der Waals surface area contributed by atoms with Crippen LogP contribution in [0.25, 0.3) is 17.8 Å². The summed E-state index contributed by atoms with van der Waals surface area (Å²) in [4.78, 5) is 13.3. The lowest BCUT2D eigenvalue weighted by Crippen LogP contribution is -2.19. The molecule has 5 rings (SSSR count). The molecule has 0 aliphatic carbocycles. The molecule has 4 aromatic rings. The molecule has 0 spiro atoms. The van der Waals surface area contributed by atoms with Gasteiger partial charge in [0.05, 0.1) is 24.8 Å². The number of pyridine rings is 1. The second-order valence-corrected chi connectivity index (χ2v) is 8.05. The summed E-state index contributed by atoms with van der Waals surface area (Å²) in [5, 5.41) is 4.48. The van der Waals surface area contributed by atoms with Gasteiger partial charge in [-0.15, -0.1) is 0 Å². The van der Waals surface area contributed by atoms with E-state index in [4.69, 9.17) is 4.74 Å². The third kappa shape index (κ3) is 4.07. The van der Waals surface area contributed by atoms with Crippen molar-refractivity contribution in [3.8, 4) is 11.6 Å². The first-order valence-electron chi connectivity index (χ1n) is 10.8. The molecule has 1 atom stereocenters. The zero-order valence-corrected chi connectivity index (χ0v) is 18.5. The third-order valence-corrected chi connectivity index (χ3v) is 5.75. The SMILES string of the molecule is COc1nc(/C=C/c2nc3n(n2)CCCC3c2cc(F)c(F)cc2F)ccc1-n1cnc(C)c1. The molecule has 1 aliphatic rings. The van der Waals surface area contributed by atoms with E-state index in [2.05, 4.69) is 20.1 Å². The Morgan fingerprint density at radius 2 is 1.88 bits per heavy atom. The fraction of sp³-hybridized carbons (Fsp3) is 0.250. The van der Waals surface area contributed by atoms with Gasteiger partial charge in [-0.05, 0) is 50.1 Å². The van der Waals surface area contributed by atoms with Crippen LogP contribution in [0.15, 0.2) is 36.8 Å². The van der Waals surface area contributed by atoms with Gasteiger partial charge in [-0.3, -0.25) is 0 Å². The highest BCUT2D eigenvalue weighted by molar-refractivity contribution is 5.65. The molecule has 0 bridgehead atoms. The molecular formula is C24H21F3N6O. The van der Waals surface area contributed by atoms with E-state index in [1.165, 1.54) is 0 Å². The second-order valence-electron chi connectivity index (χ2n) is 8.05. The number of imidazole rings is 1. The maximum Gasteiger partial charge on any atom is 0.238 e. The van der Waals surface area contributed by atoms with Crippen molar-refractivity contribution in [1.82, 2.24) is 29.3 Å². The Bertz CT molecular complexity index is 1390. The van der Waals surface area contributed by atoms with Crippen molar-refractivity contribution >= 4 is 12.2 Å². The number of benzene rings is 1. The number of hydrogen-bond acceptors (Lipinski definition) is 5. The van der Waals surface area contributed by atoms with Crippen LogP contribution in [0, 0.1) is 24.4 Å². The van der Waals surface area contributed by atoms with Crippen LogP contribution in [0.4, 0.5) is 13.2 Å². The highest BCUT2D eigenvalue weighted by Crippen LogP contribution is 2.34. The Morgan fingerprint density at radius 3 is 2.65 bits per heavy atom. The second kappa shape index (κ2) is 8.77. The van der Waals surface area contributed by atoms with Crippen molar-refractivity contribution in [1.29, 1.82) is 0 Å². The van der Waals surface area contributed by atoms with Gasteiger partial charge in [0, 0.05) is 30.3 Å². The molecule has 0 amide bonds. The normalized spacial score (nSPS) is 15.6. The molecule has 0 fully saturated rings. The zero-order chi connectivity index (χ0) is 23.8. The standard InChI is InChI=1S/C24H21F3N6O/c1-14-12-32(13-28-14)21-7-5-15(29-24(21)34-2)6-8-22-30-23-16(4-3-9-33(23)31-22)17-10-19(26)20(27)11-18(17)25/h5-8,10-13,16H,3-4,9H2,1-2H3/b8-6+. The first-order chi connectivity index (χ1) is 16.4. The predicted molar refractivity (Wildman–Crippen MR) is 119 cm³/mol. The fourth-order valence-corrected chi connectivity index (χ4v) is 4.14. The van der Waals surface area contributed by atoms with Gasteiger partial charge in [0.2, 0.25) is 5.88 Å². The number of aromatic nitrogens is 6. The van der Waals surface area contributed by atoms with Crippen LogP contribution in [0.2, 0.25) is 0 Å². The summed E-state index contributed by atoms with van der Waals surface area (Å²) < 4.78 is 50.5. The lowest BCUT2D eigenvalue weighted by Gasteiger charge is -2.22. The minimum Gasteiger partial charge on any atom is -0.479 e. The van der Waals surface area contributed by atoms with Crippen molar-refractivity contribution in [3.05, 3.63) is 82.8 Å². The minimum atomic E-state index is -1.21.